The number of piperidine rings is 1. The van der Waals surface area contributed by atoms with Gasteiger partial charge >= 0.3 is 17.7 Å². The summed E-state index contributed by atoms with van der Waals surface area (Å²) < 4.78 is 17.9. The molecule has 0 radical (unpaired) electrons. The number of aromatic nitrogens is 4. The third-order valence-corrected chi connectivity index (χ3v) is 6.23. The van der Waals surface area contributed by atoms with Crippen molar-refractivity contribution in [2.75, 3.05) is 52.3 Å². The van der Waals surface area contributed by atoms with E-state index >= 15 is 0 Å². The van der Waals surface area contributed by atoms with Crippen molar-refractivity contribution in [2.24, 2.45) is 5.92 Å². The standard InChI is InChI=1S/C24H32N6O6/c1-34-11-12-36-23-27-21(25)20-22(28-23)30(24(33)26-20)15-16-5-7-29(8-6-16)9-10-35-18-4-2-3-17(13-18)14-19(31)32/h2-4,13,16H,5-12,14-15H2,1H3,(H,26,33)(H,31,32)(H2,25,27,28). The zero-order chi connectivity index (χ0) is 25.5. The lowest BCUT2D eigenvalue weighted by Crippen LogP contribution is -2.38. The highest BCUT2D eigenvalue weighted by Gasteiger charge is 2.22. The highest BCUT2D eigenvalue weighted by Crippen LogP contribution is 2.23. The molecule has 0 bridgehead atoms. The lowest BCUT2D eigenvalue weighted by molar-refractivity contribution is -0.136. The highest BCUT2D eigenvalue weighted by atomic mass is 16.5. The fraction of sp³-hybridized carbons (Fsp3) is 0.500. The molecule has 2 aromatic heterocycles. The molecule has 0 amide bonds. The van der Waals surface area contributed by atoms with E-state index in [9.17, 15) is 9.59 Å². The Kier molecular flexibility index (Phi) is 8.39. The van der Waals surface area contributed by atoms with Gasteiger partial charge in [0.1, 0.15) is 24.5 Å². The third-order valence-electron chi connectivity index (χ3n) is 6.23. The maximum Gasteiger partial charge on any atom is 0.327 e. The summed E-state index contributed by atoms with van der Waals surface area (Å²) in [5, 5.41) is 8.95. The van der Waals surface area contributed by atoms with Gasteiger partial charge in [-0.2, -0.15) is 9.97 Å². The van der Waals surface area contributed by atoms with Gasteiger partial charge in [0, 0.05) is 20.2 Å². The van der Waals surface area contributed by atoms with Crippen LogP contribution in [0.3, 0.4) is 0 Å². The number of hydrogen-bond donors (Lipinski definition) is 3. The average Bonchev–Trinajstić information content (AvgIpc) is 3.16. The van der Waals surface area contributed by atoms with Crippen LogP contribution in [0.2, 0.25) is 0 Å². The van der Waals surface area contributed by atoms with E-state index in [-0.39, 0.29) is 30.5 Å². The number of anilines is 1. The molecule has 0 aliphatic carbocycles. The van der Waals surface area contributed by atoms with E-state index in [4.69, 9.17) is 25.1 Å². The van der Waals surface area contributed by atoms with E-state index < -0.39 is 5.97 Å². The second-order valence-corrected chi connectivity index (χ2v) is 8.82. The first kappa shape index (κ1) is 25.5. The quantitative estimate of drug-likeness (QED) is 0.308. The molecule has 0 spiro atoms. The number of benzene rings is 1. The van der Waals surface area contributed by atoms with E-state index in [2.05, 4.69) is 19.9 Å². The van der Waals surface area contributed by atoms with Gasteiger partial charge in [0.05, 0.1) is 13.0 Å². The predicted octanol–water partition coefficient (Wildman–Crippen LogP) is 1.15. The molecule has 3 heterocycles. The Bertz CT molecular complexity index is 1230. The number of carboxylic acid groups (broad SMARTS) is 1. The summed E-state index contributed by atoms with van der Waals surface area (Å²) in [5.41, 5.74) is 7.34. The molecule has 1 aliphatic rings. The number of nitrogens with one attached hydrogen (secondary N) is 1. The van der Waals surface area contributed by atoms with Crippen molar-refractivity contribution in [3.63, 3.8) is 0 Å². The number of nitrogens with zero attached hydrogens (tertiary/aromatic N) is 4. The number of likely N-dealkylation sites (tertiary alicyclic amines) is 1. The Balaban J connectivity index is 1.29. The number of fused-ring (bicyclic) bond motifs is 1. The second-order valence-electron chi connectivity index (χ2n) is 8.82. The normalized spacial score (nSPS) is 14.8. The Labute approximate surface area is 208 Å². The molecule has 4 N–H and O–H groups in total. The number of nitrogens with two attached hydrogens (primary N) is 1. The van der Waals surface area contributed by atoms with Crippen molar-refractivity contribution >= 4 is 23.0 Å². The second kappa shape index (κ2) is 11.9. The van der Waals surface area contributed by atoms with Gasteiger partial charge in [-0.25, -0.2) is 4.79 Å². The summed E-state index contributed by atoms with van der Waals surface area (Å²) in [6, 6.07) is 7.30. The van der Waals surface area contributed by atoms with E-state index in [0.717, 1.165) is 32.5 Å². The maximum atomic E-state index is 12.6. The molecule has 1 aromatic carbocycles. The van der Waals surface area contributed by atoms with Crippen LogP contribution in [0.4, 0.5) is 5.82 Å². The Hall–Kier alpha value is -3.64. The number of carbonyl (C=O) groups is 1. The van der Waals surface area contributed by atoms with Crippen molar-refractivity contribution in [2.45, 2.75) is 25.8 Å². The van der Waals surface area contributed by atoms with Gasteiger partial charge in [0.2, 0.25) is 0 Å². The monoisotopic (exact) mass is 500 g/mol. The first-order valence-corrected chi connectivity index (χ1v) is 12.0. The van der Waals surface area contributed by atoms with Crippen LogP contribution in [0.5, 0.6) is 11.8 Å². The largest absolute Gasteiger partial charge is 0.492 e. The predicted molar refractivity (Wildman–Crippen MR) is 132 cm³/mol. The van der Waals surface area contributed by atoms with Crippen molar-refractivity contribution in [1.82, 2.24) is 24.4 Å². The molecule has 1 saturated heterocycles. The summed E-state index contributed by atoms with van der Waals surface area (Å²) in [4.78, 5) is 37.1. The van der Waals surface area contributed by atoms with Gasteiger partial charge in [-0.05, 0) is 49.5 Å². The molecule has 36 heavy (non-hydrogen) atoms. The van der Waals surface area contributed by atoms with Crippen molar-refractivity contribution in [1.29, 1.82) is 0 Å². The van der Waals surface area contributed by atoms with Crippen LogP contribution >= 0.6 is 0 Å². The fourth-order valence-electron chi connectivity index (χ4n) is 4.34. The molecular formula is C24H32N6O6. The SMILES string of the molecule is COCCOc1nc(N)c2[nH]c(=O)n(CC3CCN(CCOc4cccc(CC(=O)O)c4)CC3)c2n1. The number of imidazole rings is 1. The molecule has 3 aromatic rings. The number of rotatable bonds is 12. The van der Waals surface area contributed by atoms with E-state index in [1.165, 1.54) is 0 Å². The molecule has 0 atom stereocenters. The number of aliphatic carboxylic acids is 1. The van der Waals surface area contributed by atoms with Crippen molar-refractivity contribution in [3.05, 3.63) is 40.3 Å². The number of methoxy groups -OCH3 is 1. The van der Waals surface area contributed by atoms with Crippen LogP contribution < -0.4 is 20.9 Å². The number of carboxylic acids is 1. The molecule has 1 aliphatic heterocycles. The van der Waals surface area contributed by atoms with Crippen molar-refractivity contribution < 1.29 is 24.1 Å². The smallest absolute Gasteiger partial charge is 0.327 e. The first-order valence-electron chi connectivity index (χ1n) is 12.0. The zero-order valence-electron chi connectivity index (χ0n) is 20.3. The van der Waals surface area contributed by atoms with Crippen LogP contribution in [0.15, 0.2) is 29.1 Å². The molecule has 4 rings (SSSR count). The molecule has 0 unspecified atom stereocenters. The van der Waals surface area contributed by atoms with Crippen LogP contribution in [0.25, 0.3) is 11.2 Å². The molecule has 0 saturated carbocycles. The Morgan fingerprint density at radius 2 is 2.00 bits per heavy atom. The first-order chi connectivity index (χ1) is 17.4. The van der Waals surface area contributed by atoms with Gasteiger partial charge in [0.25, 0.3) is 0 Å². The lowest BCUT2D eigenvalue weighted by Gasteiger charge is -2.31. The number of aromatic amines is 1. The van der Waals surface area contributed by atoms with Crippen LogP contribution in [0, 0.1) is 5.92 Å². The molecule has 194 valence electrons. The van der Waals surface area contributed by atoms with Crippen LogP contribution in [-0.2, 0) is 22.5 Å². The molecule has 12 heteroatoms. The third kappa shape index (κ3) is 6.52. The minimum absolute atomic E-state index is 0.0228. The fourth-order valence-corrected chi connectivity index (χ4v) is 4.34. The Morgan fingerprint density at radius 3 is 2.75 bits per heavy atom. The average molecular weight is 501 g/mol. The zero-order valence-corrected chi connectivity index (χ0v) is 20.3. The van der Waals surface area contributed by atoms with E-state index in [0.29, 0.717) is 48.2 Å². The number of ether oxygens (including phenoxy) is 3. The number of hydrogen-bond acceptors (Lipinski definition) is 9. The molecule has 1 fully saturated rings. The van der Waals surface area contributed by atoms with Gasteiger partial charge in [-0.1, -0.05) is 12.1 Å². The minimum Gasteiger partial charge on any atom is -0.492 e. The van der Waals surface area contributed by atoms with Gasteiger partial charge < -0.3 is 30.0 Å². The van der Waals surface area contributed by atoms with E-state index in [1.807, 2.05) is 6.07 Å². The lowest BCUT2D eigenvalue weighted by atomic mass is 9.97. The summed E-state index contributed by atoms with van der Waals surface area (Å²) in [5.74, 6) is 0.304. The summed E-state index contributed by atoms with van der Waals surface area (Å²) in [6.07, 6.45) is 1.85. The van der Waals surface area contributed by atoms with Gasteiger partial charge in [-0.15, -0.1) is 0 Å². The summed E-state index contributed by atoms with van der Waals surface area (Å²) in [7, 11) is 1.58. The van der Waals surface area contributed by atoms with Crippen molar-refractivity contribution in [3.8, 4) is 11.8 Å². The molecular weight excluding hydrogens is 468 g/mol. The number of H-pyrrole nitrogens is 1. The van der Waals surface area contributed by atoms with Gasteiger partial charge in [-0.3, -0.25) is 14.3 Å². The van der Waals surface area contributed by atoms with Gasteiger partial charge in [0.15, 0.2) is 11.5 Å². The summed E-state index contributed by atoms with van der Waals surface area (Å²) >= 11 is 0. The maximum absolute atomic E-state index is 12.6. The van der Waals surface area contributed by atoms with Crippen LogP contribution in [0.1, 0.15) is 18.4 Å². The summed E-state index contributed by atoms with van der Waals surface area (Å²) in [6.45, 7) is 4.29. The minimum atomic E-state index is -0.864. The Morgan fingerprint density at radius 1 is 1.19 bits per heavy atom. The highest BCUT2D eigenvalue weighted by molar-refractivity contribution is 5.81. The number of nitrogen functional groups attached to an aromatic ring is 1. The topological polar surface area (TPSA) is 158 Å². The van der Waals surface area contributed by atoms with E-state index in [1.54, 1.807) is 29.9 Å². The molecule has 12 nitrogen and oxygen atoms in total. The van der Waals surface area contributed by atoms with Crippen LogP contribution in [-0.4, -0.2) is 82.1 Å².